The number of carboxylic acid groups (broad SMARTS) is 1. The van der Waals surface area contributed by atoms with Crippen LogP contribution < -0.4 is 15.4 Å². The number of hydrogen-bond acceptors (Lipinski definition) is 19. The Morgan fingerprint density at radius 2 is 1.47 bits per heavy atom. The molecule has 23 heteroatoms. The van der Waals surface area contributed by atoms with Crippen molar-refractivity contribution in [3.63, 3.8) is 0 Å². The van der Waals surface area contributed by atoms with Gasteiger partial charge in [0.1, 0.15) is 28.1 Å². The molecular weight excluding hydrogens is 1130 g/mol. The summed E-state index contributed by atoms with van der Waals surface area (Å²) in [6.45, 7) is 15.0. The second-order valence-electron chi connectivity index (χ2n) is 22.8. The number of esters is 2. The summed E-state index contributed by atoms with van der Waals surface area (Å²) in [7, 11) is 5.35. The zero-order chi connectivity index (χ0) is 61.6. The van der Waals surface area contributed by atoms with Gasteiger partial charge < -0.3 is 39.6 Å². The van der Waals surface area contributed by atoms with Crippen molar-refractivity contribution in [1.29, 1.82) is 0 Å². The summed E-state index contributed by atoms with van der Waals surface area (Å²) in [6, 6.07) is 3.44. The van der Waals surface area contributed by atoms with Gasteiger partial charge >= 0.3 is 17.9 Å². The molecule has 3 heterocycles. The van der Waals surface area contributed by atoms with E-state index < -0.39 is 75.8 Å². The number of thioether (sulfide) groups is 2. The lowest BCUT2D eigenvalue weighted by Crippen LogP contribution is -2.50. The highest BCUT2D eigenvalue weighted by Gasteiger charge is 2.40. The van der Waals surface area contributed by atoms with Gasteiger partial charge in [0.2, 0.25) is 11.8 Å². The molecule has 2 aromatic rings. The molecule has 0 aliphatic carbocycles. The molecule has 4 rings (SSSR count). The Balaban J connectivity index is 1.54. The van der Waals surface area contributed by atoms with E-state index in [0.717, 1.165) is 11.3 Å². The van der Waals surface area contributed by atoms with Crippen molar-refractivity contribution in [2.45, 2.75) is 186 Å². The predicted molar refractivity (Wildman–Crippen MR) is 321 cm³/mol. The number of carbonyl (C=O) groups is 10. The third kappa shape index (κ3) is 22.7. The van der Waals surface area contributed by atoms with Crippen LogP contribution in [0.1, 0.15) is 172 Å². The number of likely N-dealkylation sites (N-methyl/N-ethyl adjacent to an activating group) is 1. The van der Waals surface area contributed by atoms with E-state index >= 15 is 0 Å². The molecule has 462 valence electrons. The summed E-state index contributed by atoms with van der Waals surface area (Å²) in [5.74, 6) is -5.42. The van der Waals surface area contributed by atoms with E-state index in [1.807, 2.05) is 60.5 Å². The number of benzene rings is 1. The van der Waals surface area contributed by atoms with Gasteiger partial charge in [-0.25, -0.2) is 4.98 Å². The summed E-state index contributed by atoms with van der Waals surface area (Å²) in [5.41, 5.74) is -0.122. The van der Waals surface area contributed by atoms with E-state index in [1.54, 1.807) is 24.1 Å². The van der Waals surface area contributed by atoms with Crippen molar-refractivity contribution in [3.8, 4) is 5.75 Å². The van der Waals surface area contributed by atoms with E-state index in [4.69, 9.17) is 18.9 Å². The lowest BCUT2D eigenvalue weighted by atomic mass is 9.81. The van der Waals surface area contributed by atoms with Crippen LogP contribution in [0.4, 0.5) is 5.69 Å². The minimum atomic E-state index is -1.09. The van der Waals surface area contributed by atoms with Crippen LogP contribution in [0, 0.1) is 23.7 Å². The number of anilines is 1. The molecule has 83 heavy (non-hydrogen) atoms. The molecule has 3 amide bonds. The van der Waals surface area contributed by atoms with Crippen LogP contribution >= 0.6 is 34.9 Å². The van der Waals surface area contributed by atoms with Crippen LogP contribution in [-0.2, 0) is 63.8 Å². The van der Waals surface area contributed by atoms with Gasteiger partial charge in [0.25, 0.3) is 5.91 Å². The Morgan fingerprint density at radius 1 is 0.843 bits per heavy atom. The minimum absolute atomic E-state index is 0.00688. The normalized spacial score (nSPS) is 20.3. The molecule has 0 bridgehead atoms. The predicted octanol–water partition coefficient (Wildman–Crippen LogP) is 8.71. The van der Waals surface area contributed by atoms with Gasteiger partial charge in [-0.2, -0.15) is 0 Å². The third-order valence-corrected chi connectivity index (χ3v) is 19.6. The first-order chi connectivity index (χ1) is 39.2. The van der Waals surface area contributed by atoms with Crippen LogP contribution in [-0.4, -0.2) is 159 Å². The second kappa shape index (κ2) is 34.8. The molecule has 1 aromatic carbocycles. The van der Waals surface area contributed by atoms with Crippen LogP contribution in [0.5, 0.6) is 5.75 Å². The standard InChI is InChI=1S/C60H89N5O15S3/c1-12-37(4)43(32-51(70)60(7,8)64(9)10)58(74)65(11)46(36(2)3)33-50(79-39(6)66)57-63-45(34-81-57)56(73)61-41(29-38(5)59(75)76)30-40-21-22-49-44(31-40)62-52(71)20-14-13-17-42(67)23-27-77-25-15-18-47(68)54-55(83-35-82-54)48(69)19-16-26-78-28-24-53(72)80-49/h21-22,31,34,36-38,41,43,46,50,54-55H,12-20,23-30,32-33,35H2,1-11H3,(H,61,73)(H,62,71)(H,75,76)/t37-,38?,41+,43-,46+,50+,54?,55?/m0/s1. The number of carbonyl (C=O) groups excluding carboxylic acids is 9. The number of rotatable bonds is 20. The fourth-order valence-electron chi connectivity index (χ4n) is 9.66. The maximum Gasteiger partial charge on any atom is 0.313 e. The van der Waals surface area contributed by atoms with Crippen molar-refractivity contribution in [2.75, 3.05) is 58.0 Å². The van der Waals surface area contributed by atoms with Crippen molar-refractivity contribution in [3.05, 3.63) is 39.8 Å². The quantitative estimate of drug-likeness (QED) is 0.0826. The summed E-state index contributed by atoms with van der Waals surface area (Å²) in [4.78, 5) is 141. The fraction of sp³-hybridized carbons (Fsp3) is 0.683. The molecule has 1 saturated heterocycles. The smallest absolute Gasteiger partial charge is 0.313 e. The van der Waals surface area contributed by atoms with Crippen molar-refractivity contribution in [2.24, 2.45) is 23.7 Å². The number of hydrogen-bond donors (Lipinski definition) is 3. The Labute approximate surface area is 502 Å². The number of nitrogens with zero attached hydrogens (tertiary/aromatic N) is 3. The Bertz CT molecular complexity index is 2550. The van der Waals surface area contributed by atoms with Gasteiger partial charge in [0.15, 0.2) is 17.6 Å². The van der Waals surface area contributed by atoms with Gasteiger partial charge in [-0.1, -0.05) is 47.1 Å². The Hall–Kier alpha value is -5.07. The molecule has 3 N–H and O–H groups in total. The average Bonchev–Trinajstić information content (AvgIpc) is 4.37. The molecule has 2 aliphatic rings. The molecular formula is C60H89N5O15S3. The number of amides is 3. The van der Waals surface area contributed by atoms with Gasteiger partial charge in [0, 0.05) is 101 Å². The summed E-state index contributed by atoms with van der Waals surface area (Å²) in [6.07, 6.45) is 2.45. The van der Waals surface area contributed by atoms with E-state index in [-0.39, 0.29) is 142 Å². The molecule has 0 spiro atoms. The highest BCUT2D eigenvalue weighted by molar-refractivity contribution is 8.20. The summed E-state index contributed by atoms with van der Waals surface area (Å²) in [5, 5.41) is 17.4. The Morgan fingerprint density at radius 3 is 2.06 bits per heavy atom. The summed E-state index contributed by atoms with van der Waals surface area (Å²) < 4.78 is 22.9. The average molecular weight is 1220 g/mol. The first-order valence-corrected chi connectivity index (χ1v) is 31.9. The molecule has 1 fully saturated rings. The molecule has 1 aromatic heterocycles. The number of nitrogens with one attached hydrogen (secondary N) is 2. The molecule has 8 atom stereocenters. The van der Waals surface area contributed by atoms with Crippen LogP contribution in [0.25, 0.3) is 0 Å². The molecule has 3 unspecified atom stereocenters. The van der Waals surface area contributed by atoms with Crippen LogP contribution in [0.2, 0.25) is 0 Å². The number of aliphatic carboxylic acids is 1. The van der Waals surface area contributed by atoms with Gasteiger partial charge in [-0.15, -0.1) is 34.9 Å². The van der Waals surface area contributed by atoms with Gasteiger partial charge in [0.05, 0.1) is 47.3 Å². The van der Waals surface area contributed by atoms with E-state index in [0.29, 0.717) is 54.4 Å². The monoisotopic (exact) mass is 1220 g/mol. The molecule has 0 radical (unpaired) electrons. The number of Topliss-reactive ketones (excluding diaryl/α,β-unsaturated/α-hetero) is 4. The maximum absolute atomic E-state index is 14.4. The summed E-state index contributed by atoms with van der Waals surface area (Å²) >= 11 is 4.04. The van der Waals surface area contributed by atoms with E-state index in [2.05, 4.69) is 15.6 Å². The number of aromatic nitrogens is 1. The van der Waals surface area contributed by atoms with Gasteiger partial charge in [-0.05, 0) is 96.0 Å². The number of fused-ring (bicyclic) bond motifs is 2. The molecule has 0 saturated carbocycles. The highest BCUT2D eigenvalue weighted by Crippen LogP contribution is 2.39. The maximum atomic E-state index is 14.4. The number of ether oxygens (including phenoxy) is 4. The van der Waals surface area contributed by atoms with E-state index in [1.165, 1.54) is 48.8 Å². The lowest BCUT2D eigenvalue weighted by Gasteiger charge is -2.38. The van der Waals surface area contributed by atoms with E-state index in [9.17, 15) is 53.1 Å². The third-order valence-electron chi connectivity index (χ3n) is 15.6. The minimum Gasteiger partial charge on any atom is -0.481 e. The molecule has 2 aliphatic heterocycles. The number of carboxylic acids is 1. The van der Waals surface area contributed by atoms with Crippen molar-refractivity contribution in [1.82, 2.24) is 20.1 Å². The zero-order valence-corrected chi connectivity index (χ0v) is 52.8. The largest absolute Gasteiger partial charge is 0.481 e. The van der Waals surface area contributed by atoms with Gasteiger partial charge in [-0.3, -0.25) is 52.8 Å². The zero-order valence-electron chi connectivity index (χ0n) is 50.4. The SMILES string of the molecule is CC[C@H](C)[C@H](CC(=O)C(C)(C)N(C)C)C(=O)N(C)[C@H](C[C@@H](OC(C)=O)c1nc(C(=O)N[C@@H](Cc2ccc3c(c2)NC(=O)CCCCC(=O)CCOCCCC(=O)C2SCSC2C(=O)CCCOCCC(=O)O3)CC(C)C(=O)O)cs1)C(C)C. The highest BCUT2D eigenvalue weighted by atomic mass is 32.2. The van der Waals surface area contributed by atoms with Crippen molar-refractivity contribution >= 4 is 99.3 Å². The van der Waals surface area contributed by atoms with Crippen LogP contribution in [0.3, 0.4) is 0 Å². The van der Waals surface area contributed by atoms with Crippen LogP contribution in [0.15, 0.2) is 23.6 Å². The van der Waals surface area contributed by atoms with Crippen molar-refractivity contribution < 1.29 is 72.0 Å². The topological polar surface area (TPSA) is 271 Å². The first-order valence-electron chi connectivity index (χ1n) is 29.0. The lowest BCUT2D eigenvalue weighted by molar-refractivity contribution is -0.150. The fourth-order valence-corrected chi connectivity index (χ4v) is 13.7. The first kappa shape index (κ1) is 70.4. The Kier molecular flexibility index (Phi) is 29.5. The number of ketones is 4. The molecule has 20 nitrogen and oxygen atoms in total. The second-order valence-corrected chi connectivity index (χ2v) is 26.4. The number of thiazole rings is 1.